The Balaban J connectivity index is 2.76. The Morgan fingerprint density at radius 3 is 2.53 bits per heavy atom. The third-order valence-corrected chi connectivity index (χ3v) is 5.84. The van der Waals surface area contributed by atoms with Crippen molar-refractivity contribution in [3.05, 3.63) is 0 Å². The number of primary sulfonamides is 1. The molecule has 0 aliphatic carbocycles. The maximum atomic E-state index is 11.9. The van der Waals surface area contributed by atoms with E-state index in [1.165, 1.54) is 0 Å². The molecule has 1 aliphatic heterocycles. The molecular weight excluding hydrogens is 296 g/mol. The Morgan fingerprint density at radius 1 is 1.37 bits per heavy atom. The molecule has 1 unspecified atom stereocenters. The SMILES string of the molecule is CCOC(=O)CS(=O)(=O)N1CCCC(S(N)(=O)=O)C1. The van der Waals surface area contributed by atoms with Crippen molar-refractivity contribution >= 4 is 26.0 Å². The minimum Gasteiger partial charge on any atom is -0.465 e. The van der Waals surface area contributed by atoms with Crippen molar-refractivity contribution in [3.63, 3.8) is 0 Å². The number of piperidine rings is 1. The zero-order chi connectivity index (χ0) is 14.7. The molecule has 2 N–H and O–H groups in total. The Bertz CT molecular complexity index is 527. The van der Waals surface area contributed by atoms with Crippen molar-refractivity contribution in [2.75, 3.05) is 25.4 Å². The number of nitrogens with zero attached hydrogens (tertiary/aromatic N) is 1. The van der Waals surface area contributed by atoms with Gasteiger partial charge in [-0.1, -0.05) is 0 Å². The van der Waals surface area contributed by atoms with Crippen molar-refractivity contribution in [1.82, 2.24) is 4.31 Å². The van der Waals surface area contributed by atoms with Crippen LogP contribution in [0.15, 0.2) is 0 Å². The van der Waals surface area contributed by atoms with E-state index in [-0.39, 0.29) is 19.7 Å². The summed E-state index contributed by atoms with van der Waals surface area (Å²) in [4.78, 5) is 11.2. The number of ether oxygens (including phenoxy) is 1. The second-order valence-corrected chi connectivity index (χ2v) is 8.09. The number of rotatable bonds is 5. The predicted molar refractivity (Wildman–Crippen MR) is 68.1 cm³/mol. The highest BCUT2D eigenvalue weighted by atomic mass is 32.2. The van der Waals surface area contributed by atoms with Gasteiger partial charge in [0.05, 0.1) is 11.9 Å². The largest absolute Gasteiger partial charge is 0.465 e. The number of carbonyl (C=O) groups is 1. The van der Waals surface area contributed by atoms with Gasteiger partial charge in [0, 0.05) is 13.1 Å². The molecule has 0 aromatic rings. The van der Waals surface area contributed by atoms with E-state index in [9.17, 15) is 21.6 Å². The summed E-state index contributed by atoms with van der Waals surface area (Å²) >= 11 is 0. The maximum Gasteiger partial charge on any atom is 0.322 e. The van der Waals surface area contributed by atoms with Gasteiger partial charge in [-0.25, -0.2) is 26.3 Å². The van der Waals surface area contributed by atoms with Gasteiger partial charge in [0.1, 0.15) is 0 Å². The number of carbonyl (C=O) groups excluding carboxylic acids is 1. The molecule has 1 heterocycles. The highest BCUT2D eigenvalue weighted by Gasteiger charge is 2.35. The summed E-state index contributed by atoms with van der Waals surface area (Å²) in [6, 6.07) is 0. The van der Waals surface area contributed by atoms with Crippen LogP contribution in [-0.2, 0) is 29.6 Å². The Kier molecular flexibility index (Phi) is 5.30. The molecular formula is C9H18N2O6S2. The molecule has 10 heteroatoms. The molecule has 112 valence electrons. The molecule has 0 bridgehead atoms. The third-order valence-electron chi connectivity index (χ3n) is 2.80. The standard InChI is InChI=1S/C9H18N2O6S2/c1-2-17-9(12)7-18(13,14)11-5-3-4-8(6-11)19(10,15)16/h8H,2-7H2,1H3,(H2,10,15,16). The summed E-state index contributed by atoms with van der Waals surface area (Å²) in [5.41, 5.74) is 0. The first-order valence-corrected chi connectivity index (χ1v) is 9.03. The van der Waals surface area contributed by atoms with E-state index < -0.39 is 37.0 Å². The molecule has 8 nitrogen and oxygen atoms in total. The second-order valence-electron chi connectivity index (χ2n) is 4.27. The normalized spacial score (nSPS) is 22.1. The summed E-state index contributed by atoms with van der Waals surface area (Å²) in [7, 11) is -7.64. The lowest BCUT2D eigenvalue weighted by atomic mass is 10.2. The second kappa shape index (κ2) is 6.16. The fraction of sp³-hybridized carbons (Fsp3) is 0.889. The van der Waals surface area contributed by atoms with E-state index in [1.807, 2.05) is 0 Å². The van der Waals surface area contributed by atoms with Gasteiger partial charge in [-0.2, -0.15) is 0 Å². The van der Waals surface area contributed by atoms with Crippen molar-refractivity contribution in [1.29, 1.82) is 0 Å². The number of hydrogen-bond donors (Lipinski definition) is 1. The highest BCUT2D eigenvalue weighted by Crippen LogP contribution is 2.18. The molecule has 1 atom stereocenters. The first-order chi connectivity index (χ1) is 8.66. The van der Waals surface area contributed by atoms with Crippen LogP contribution in [0.1, 0.15) is 19.8 Å². The van der Waals surface area contributed by atoms with E-state index >= 15 is 0 Å². The van der Waals surface area contributed by atoms with Gasteiger partial charge in [-0.3, -0.25) is 4.79 Å². The first kappa shape index (κ1) is 16.3. The van der Waals surface area contributed by atoms with Crippen molar-refractivity contribution in [3.8, 4) is 0 Å². The summed E-state index contributed by atoms with van der Waals surface area (Å²) < 4.78 is 51.9. The van der Waals surface area contributed by atoms with Crippen LogP contribution in [0.2, 0.25) is 0 Å². The number of sulfonamides is 2. The van der Waals surface area contributed by atoms with Gasteiger partial charge in [0.15, 0.2) is 5.75 Å². The van der Waals surface area contributed by atoms with E-state index in [0.717, 1.165) is 4.31 Å². The van der Waals surface area contributed by atoms with Crippen molar-refractivity contribution < 1.29 is 26.4 Å². The average Bonchev–Trinajstić information content (AvgIpc) is 2.27. The topological polar surface area (TPSA) is 124 Å². The molecule has 1 rings (SSSR count). The molecule has 1 aliphatic rings. The maximum absolute atomic E-state index is 11.9. The van der Waals surface area contributed by atoms with Crippen LogP contribution in [0.4, 0.5) is 0 Å². The molecule has 0 spiro atoms. The van der Waals surface area contributed by atoms with Crippen LogP contribution in [0, 0.1) is 0 Å². The Morgan fingerprint density at radius 2 is 2.00 bits per heavy atom. The van der Waals surface area contributed by atoms with E-state index in [0.29, 0.717) is 12.8 Å². The number of esters is 1. The van der Waals surface area contributed by atoms with E-state index in [1.54, 1.807) is 6.92 Å². The summed E-state index contributed by atoms with van der Waals surface area (Å²) in [5.74, 6) is -1.63. The lowest BCUT2D eigenvalue weighted by molar-refractivity contribution is -0.140. The van der Waals surface area contributed by atoms with Crippen LogP contribution in [0.5, 0.6) is 0 Å². The summed E-state index contributed by atoms with van der Waals surface area (Å²) in [6.45, 7) is 1.64. The van der Waals surface area contributed by atoms with Gasteiger partial charge in [0.25, 0.3) is 0 Å². The van der Waals surface area contributed by atoms with Crippen LogP contribution >= 0.6 is 0 Å². The first-order valence-electron chi connectivity index (χ1n) is 5.82. The molecule has 0 saturated carbocycles. The van der Waals surface area contributed by atoms with Gasteiger partial charge in [-0.15, -0.1) is 0 Å². The van der Waals surface area contributed by atoms with Crippen molar-refractivity contribution in [2.45, 2.75) is 25.0 Å². The monoisotopic (exact) mass is 314 g/mol. The van der Waals surface area contributed by atoms with Gasteiger partial charge < -0.3 is 4.74 Å². The van der Waals surface area contributed by atoms with Crippen LogP contribution < -0.4 is 5.14 Å². The summed E-state index contributed by atoms with van der Waals surface area (Å²) in [5, 5.41) is 4.11. The van der Waals surface area contributed by atoms with Crippen LogP contribution in [0.25, 0.3) is 0 Å². The van der Waals surface area contributed by atoms with Crippen LogP contribution in [0.3, 0.4) is 0 Å². The lowest BCUT2D eigenvalue weighted by Crippen LogP contribution is -2.48. The average molecular weight is 314 g/mol. The molecule has 0 amide bonds. The zero-order valence-electron chi connectivity index (χ0n) is 10.6. The summed E-state index contributed by atoms with van der Waals surface area (Å²) in [6.07, 6.45) is 0.716. The zero-order valence-corrected chi connectivity index (χ0v) is 12.2. The molecule has 1 saturated heterocycles. The fourth-order valence-electron chi connectivity index (χ4n) is 1.87. The fourth-order valence-corrected chi connectivity index (χ4v) is 4.22. The van der Waals surface area contributed by atoms with E-state index in [4.69, 9.17) is 5.14 Å². The third kappa shape index (κ3) is 4.71. The molecule has 0 aromatic carbocycles. The molecule has 19 heavy (non-hydrogen) atoms. The smallest absolute Gasteiger partial charge is 0.322 e. The van der Waals surface area contributed by atoms with Crippen LogP contribution in [-0.4, -0.2) is 57.8 Å². The lowest BCUT2D eigenvalue weighted by Gasteiger charge is -2.30. The molecule has 0 radical (unpaired) electrons. The molecule has 1 fully saturated rings. The minimum absolute atomic E-state index is 0.0914. The van der Waals surface area contributed by atoms with Crippen molar-refractivity contribution in [2.24, 2.45) is 5.14 Å². The quantitative estimate of drug-likeness (QED) is 0.624. The predicted octanol–water partition coefficient (Wildman–Crippen LogP) is -1.37. The number of nitrogens with two attached hydrogens (primary N) is 1. The minimum atomic E-state index is -3.86. The van der Waals surface area contributed by atoms with Gasteiger partial charge in [-0.05, 0) is 19.8 Å². The molecule has 0 aromatic heterocycles. The van der Waals surface area contributed by atoms with E-state index in [2.05, 4.69) is 4.74 Å². The Labute approximate surface area is 113 Å². The van der Waals surface area contributed by atoms with Gasteiger partial charge >= 0.3 is 5.97 Å². The Hall–Kier alpha value is -0.710. The van der Waals surface area contributed by atoms with Gasteiger partial charge in [0.2, 0.25) is 20.0 Å². The highest BCUT2D eigenvalue weighted by molar-refractivity contribution is 7.90. The number of hydrogen-bond acceptors (Lipinski definition) is 6.